The minimum atomic E-state index is 0.205. The maximum atomic E-state index is 9.12. The van der Waals surface area contributed by atoms with Crippen molar-refractivity contribution in [2.45, 2.75) is 44.7 Å². The van der Waals surface area contributed by atoms with E-state index in [1.54, 1.807) is 11.3 Å². The lowest BCUT2D eigenvalue weighted by Gasteiger charge is -2.30. The maximum Gasteiger partial charge on any atom is 0.0672 e. The summed E-state index contributed by atoms with van der Waals surface area (Å²) in [6.45, 7) is 2.19. The second kappa shape index (κ2) is 5.47. The van der Waals surface area contributed by atoms with Gasteiger partial charge in [-0.15, -0.1) is 11.3 Å². The average Bonchev–Trinajstić information content (AvgIpc) is 2.83. The maximum absolute atomic E-state index is 9.12. The molecule has 1 saturated carbocycles. The van der Waals surface area contributed by atoms with Crippen LogP contribution in [0.5, 0.6) is 0 Å². The van der Waals surface area contributed by atoms with Gasteiger partial charge in [0.15, 0.2) is 0 Å². The molecule has 0 radical (unpaired) electrons. The van der Waals surface area contributed by atoms with Crippen LogP contribution in [0.15, 0.2) is 17.5 Å². The zero-order valence-electron chi connectivity index (χ0n) is 9.65. The third-order valence-electron chi connectivity index (χ3n) is 3.37. The summed E-state index contributed by atoms with van der Waals surface area (Å²) in [6.07, 6.45) is 4.68. The fourth-order valence-corrected chi connectivity index (χ4v) is 3.17. The molecule has 2 nitrogen and oxygen atoms in total. The Morgan fingerprint density at radius 1 is 1.50 bits per heavy atom. The van der Waals surface area contributed by atoms with Crippen molar-refractivity contribution in [3.8, 4) is 6.07 Å². The van der Waals surface area contributed by atoms with Gasteiger partial charge in [-0.05, 0) is 31.2 Å². The molecule has 0 saturated heterocycles. The smallest absolute Gasteiger partial charge is 0.0672 e. The monoisotopic (exact) mass is 234 g/mol. The van der Waals surface area contributed by atoms with Crippen molar-refractivity contribution in [3.63, 3.8) is 0 Å². The van der Waals surface area contributed by atoms with Gasteiger partial charge in [0.1, 0.15) is 0 Å². The highest BCUT2D eigenvalue weighted by Gasteiger charge is 2.26. The SMILES string of the molecule is CC(NC1CCCCC1C#N)c1cccs1. The molecule has 1 fully saturated rings. The molecule has 0 bridgehead atoms. The molecule has 16 heavy (non-hydrogen) atoms. The van der Waals surface area contributed by atoms with Crippen LogP contribution in [0.4, 0.5) is 0 Å². The predicted molar refractivity (Wildman–Crippen MR) is 67.2 cm³/mol. The molecule has 1 aromatic heterocycles. The first-order valence-corrected chi connectivity index (χ1v) is 6.88. The van der Waals surface area contributed by atoms with Crippen LogP contribution in [0.25, 0.3) is 0 Å². The third-order valence-corrected chi connectivity index (χ3v) is 4.42. The number of nitriles is 1. The lowest BCUT2D eigenvalue weighted by Crippen LogP contribution is -2.39. The fourth-order valence-electron chi connectivity index (χ4n) is 2.43. The van der Waals surface area contributed by atoms with Gasteiger partial charge in [0, 0.05) is 17.0 Å². The number of nitrogens with zero attached hydrogens (tertiary/aromatic N) is 1. The molecule has 1 N–H and O–H groups in total. The highest BCUT2D eigenvalue weighted by molar-refractivity contribution is 7.10. The molecular formula is C13H18N2S. The van der Waals surface area contributed by atoms with E-state index in [4.69, 9.17) is 5.26 Å². The van der Waals surface area contributed by atoms with E-state index in [1.165, 1.54) is 17.7 Å². The van der Waals surface area contributed by atoms with Crippen LogP contribution in [0.1, 0.15) is 43.5 Å². The topological polar surface area (TPSA) is 35.8 Å². The lowest BCUT2D eigenvalue weighted by molar-refractivity contribution is 0.293. The number of rotatable bonds is 3. The summed E-state index contributed by atoms with van der Waals surface area (Å²) in [5.41, 5.74) is 0. The molecule has 1 aromatic rings. The molecule has 2 rings (SSSR count). The van der Waals surface area contributed by atoms with Crippen LogP contribution in [-0.2, 0) is 0 Å². The van der Waals surface area contributed by atoms with Gasteiger partial charge in [0.25, 0.3) is 0 Å². The van der Waals surface area contributed by atoms with E-state index in [9.17, 15) is 0 Å². The number of hydrogen-bond donors (Lipinski definition) is 1. The average molecular weight is 234 g/mol. The second-order valence-corrected chi connectivity index (χ2v) is 5.51. The molecule has 3 atom stereocenters. The Morgan fingerprint density at radius 2 is 2.31 bits per heavy atom. The molecular weight excluding hydrogens is 216 g/mol. The van der Waals surface area contributed by atoms with Gasteiger partial charge in [-0.1, -0.05) is 18.9 Å². The number of hydrogen-bond acceptors (Lipinski definition) is 3. The predicted octanol–water partition coefficient (Wildman–Crippen LogP) is 3.48. The zero-order chi connectivity index (χ0) is 11.4. The first kappa shape index (κ1) is 11.6. The van der Waals surface area contributed by atoms with Crippen molar-refractivity contribution >= 4 is 11.3 Å². The highest BCUT2D eigenvalue weighted by atomic mass is 32.1. The van der Waals surface area contributed by atoms with Crippen LogP contribution >= 0.6 is 11.3 Å². The molecule has 3 heteroatoms. The van der Waals surface area contributed by atoms with Gasteiger partial charge >= 0.3 is 0 Å². The summed E-state index contributed by atoms with van der Waals surface area (Å²) in [6, 6.07) is 7.45. The van der Waals surface area contributed by atoms with Gasteiger partial charge in [-0.2, -0.15) is 5.26 Å². The minimum absolute atomic E-state index is 0.205. The molecule has 1 aliphatic rings. The van der Waals surface area contributed by atoms with Gasteiger partial charge in [0.05, 0.1) is 12.0 Å². The van der Waals surface area contributed by atoms with E-state index in [2.05, 4.69) is 35.8 Å². The van der Waals surface area contributed by atoms with E-state index in [1.807, 2.05) is 0 Å². The molecule has 0 aliphatic heterocycles. The molecule has 86 valence electrons. The van der Waals surface area contributed by atoms with Gasteiger partial charge < -0.3 is 5.32 Å². The van der Waals surface area contributed by atoms with Crippen LogP contribution < -0.4 is 5.32 Å². The lowest BCUT2D eigenvalue weighted by atomic mass is 9.85. The highest BCUT2D eigenvalue weighted by Crippen LogP contribution is 2.27. The summed E-state index contributed by atoms with van der Waals surface area (Å²) in [5, 5.41) is 14.8. The Bertz CT molecular complexity index is 353. The normalized spacial score (nSPS) is 27.2. The fraction of sp³-hybridized carbons (Fsp3) is 0.615. The summed E-state index contributed by atoms with van der Waals surface area (Å²) in [5.74, 6) is 0.205. The quantitative estimate of drug-likeness (QED) is 0.869. The van der Waals surface area contributed by atoms with Crippen LogP contribution in [0, 0.1) is 17.2 Å². The van der Waals surface area contributed by atoms with Crippen molar-refractivity contribution in [1.82, 2.24) is 5.32 Å². The standard InChI is InChI=1S/C13H18N2S/c1-10(13-7-4-8-16-13)15-12-6-3-2-5-11(12)9-14/h4,7-8,10-12,15H,2-3,5-6H2,1H3. The first-order chi connectivity index (χ1) is 7.81. The van der Waals surface area contributed by atoms with Gasteiger partial charge in [-0.3, -0.25) is 0 Å². The molecule has 0 spiro atoms. The summed E-state index contributed by atoms with van der Waals surface area (Å²) in [7, 11) is 0. The van der Waals surface area contributed by atoms with E-state index >= 15 is 0 Å². The summed E-state index contributed by atoms with van der Waals surface area (Å²) < 4.78 is 0. The van der Waals surface area contributed by atoms with Crippen molar-refractivity contribution < 1.29 is 0 Å². The number of thiophene rings is 1. The number of nitrogens with one attached hydrogen (secondary N) is 1. The Hall–Kier alpha value is -0.850. The van der Waals surface area contributed by atoms with Crippen LogP contribution in [-0.4, -0.2) is 6.04 Å². The third kappa shape index (κ3) is 2.63. The Kier molecular flexibility index (Phi) is 3.98. The van der Waals surface area contributed by atoms with E-state index < -0.39 is 0 Å². The Balaban J connectivity index is 1.95. The van der Waals surface area contributed by atoms with Crippen molar-refractivity contribution in [2.75, 3.05) is 0 Å². The van der Waals surface area contributed by atoms with Crippen molar-refractivity contribution in [2.24, 2.45) is 5.92 Å². The van der Waals surface area contributed by atoms with Crippen molar-refractivity contribution in [3.05, 3.63) is 22.4 Å². The summed E-state index contributed by atoms with van der Waals surface area (Å²) >= 11 is 1.78. The molecule has 0 aromatic carbocycles. The van der Waals surface area contributed by atoms with Crippen LogP contribution in [0.3, 0.4) is 0 Å². The molecule has 3 unspecified atom stereocenters. The van der Waals surface area contributed by atoms with Crippen molar-refractivity contribution in [1.29, 1.82) is 5.26 Å². The zero-order valence-corrected chi connectivity index (χ0v) is 10.5. The minimum Gasteiger partial charge on any atom is -0.305 e. The largest absolute Gasteiger partial charge is 0.305 e. The van der Waals surface area contributed by atoms with E-state index in [0.717, 1.165) is 12.8 Å². The van der Waals surface area contributed by atoms with E-state index in [-0.39, 0.29) is 5.92 Å². The van der Waals surface area contributed by atoms with Gasteiger partial charge in [0.2, 0.25) is 0 Å². The second-order valence-electron chi connectivity index (χ2n) is 4.53. The van der Waals surface area contributed by atoms with Gasteiger partial charge in [-0.25, -0.2) is 0 Å². The molecule has 0 amide bonds. The van der Waals surface area contributed by atoms with E-state index in [0.29, 0.717) is 12.1 Å². The Morgan fingerprint density at radius 3 is 3.00 bits per heavy atom. The molecule has 1 aliphatic carbocycles. The summed E-state index contributed by atoms with van der Waals surface area (Å²) in [4.78, 5) is 1.36. The van der Waals surface area contributed by atoms with Crippen LogP contribution in [0.2, 0.25) is 0 Å². The Labute approximate surface area is 101 Å². The first-order valence-electron chi connectivity index (χ1n) is 6.00. The molecule has 1 heterocycles.